The highest BCUT2D eigenvalue weighted by Gasteiger charge is 2.17. The predicted molar refractivity (Wildman–Crippen MR) is 97.6 cm³/mol. The molecule has 0 saturated carbocycles. The van der Waals surface area contributed by atoms with Gasteiger partial charge in [-0.3, -0.25) is 14.2 Å². The van der Waals surface area contributed by atoms with Gasteiger partial charge in [0.15, 0.2) is 17.6 Å². The van der Waals surface area contributed by atoms with E-state index in [4.69, 9.17) is 10.5 Å². The summed E-state index contributed by atoms with van der Waals surface area (Å²) in [7, 11) is 0. The SMILES string of the molecule is NC(=O)COC(=O)CSc1nnc(-c2ccc(F)cc2)n1-c1ccccc1. The van der Waals surface area contributed by atoms with Crippen LogP contribution in [0.3, 0.4) is 0 Å². The van der Waals surface area contributed by atoms with Crippen molar-refractivity contribution in [2.75, 3.05) is 12.4 Å². The molecule has 9 heteroatoms. The second-order valence-corrected chi connectivity index (χ2v) is 6.34. The Balaban J connectivity index is 1.89. The molecule has 0 unspecified atom stereocenters. The van der Waals surface area contributed by atoms with Crippen molar-refractivity contribution in [3.8, 4) is 17.1 Å². The zero-order chi connectivity index (χ0) is 19.2. The molecule has 0 bridgehead atoms. The van der Waals surface area contributed by atoms with Crippen LogP contribution in [-0.2, 0) is 14.3 Å². The lowest BCUT2D eigenvalue weighted by atomic mass is 10.2. The second kappa shape index (κ2) is 8.45. The monoisotopic (exact) mass is 386 g/mol. The third-order valence-electron chi connectivity index (χ3n) is 3.44. The first-order chi connectivity index (χ1) is 13.0. The van der Waals surface area contributed by atoms with Gasteiger partial charge in [-0.2, -0.15) is 0 Å². The molecule has 0 radical (unpaired) electrons. The highest BCUT2D eigenvalue weighted by atomic mass is 32.2. The third-order valence-corrected chi connectivity index (χ3v) is 4.35. The van der Waals surface area contributed by atoms with Gasteiger partial charge in [0, 0.05) is 11.3 Å². The number of rotatable bonds is 7. The maximum absolute atomic E-state index is 13.2. The van der Waals surface area contributed by atoms with Crippen LogP contribution in [-0.4, -0.2) is 39.0 Å². The van der Waals surface area contributed by atoms with Gasteiger partial charge >= 0.3 is 5.97 Å². The zero-order valence-electron chi connectivity index (χ0n) is 14.0. The molecule has 0 fully saturated rings. The number of amides is 1. The fraction of sp³-hybridized carbons (Fsp3) is 0.111. The molecular formula is C18H15FN4O3S. The number of carbonyl (C=O) groups excluding carboxylic acids is 2. The standard InChI is InChI=1S/C18H15FN4O3S/c19-13-8-6-12(7-9-13)17-21-22-18(23(17)14-4-2-1-3-5-14)27-11-16(25)26-10-15(20)24/h1-9H,10-11H2,(H2,20,24). The zero-order valence-corrected chi connectivity index (χ0v) is 14.9. The summed E-state index contributed by atoms with van der Waals surface area (Å²) in [6.45, 7) is -0.467. The van der Waals surface area contributed by atoms with E-state index in [0.29, 0.717) is 16.5 Å². The number of carbonyl (C=O) groups is 2. The average Bonchev–Trinajstić information content (AvgIpc) is 3.10. The van der Waals surface area contributed by atoms with Gasteiger partial charge in [0.2, 0.25) is 0 Å². The van der Waals surface area contributed by atoms with Crippen LogP contribution in [0, 0.1) is 5.82 Å². The number of thioether (sulfide) groups is 1. The van der Waals surface area contributed by atoms with Crippen LogP contribution >= 0.6 is 11.8 Å². The molecular weight excluding hydrogens is 371 g/mol. The summed E-state index contributed by atoms with van der Waals surface area (Å²) in [6, 6.07) is 15.2. The Hall–Kier alpha value is -3.20. The molecule has 2 aromatic carbocycles. The van der Waals surface area contributed by atoms with Crippen LogP contribution in [0.2, 0.25) is 0 Å². The maximum atomic E-state index is 13.2. The summed E-state index contributed by atoms with van der Waals surface area (Å²) < 4.78 is 19.7. The number of nitrogens with zero attached hydrogens (tertiary/aromatic N) is 3. The summed E-state index contributed by atoms with van der Waals surface area (Å²) in [5.41, 5.74) is 6.41. The van der Waals surface area contributed by atoms with Crippen LogP contribution < -0.4 is 5.73 Å². The van der Waals surface area contributed by atoms with Crippen molar-refractivity contribution >= 4 is 23.6 Å². The van der Waals surface area contributed by atoms with E-state index in [1.807, 2.05) is 30.3 Å². The lowest BCUT2D eigenvalue weighted by Gasteiger charge is -2.10. The molecule has 1 amide bonds. The van der Waals surface area contributed by atoms with E-state index in [-0.39, 0.29) is 11.6 Å². The predicted octanol–water partition coefficient (Wildman–Crippen LogP) is 2.19. The van der Waals surface area contributed by atoms with Crippen molar-refractivity contribution in [2.24, 2.45) is 5.73 Å². The third kappa shape index (κ3) is 4.70. The summed E-state index contributed by atoms with van der Waals surface area (Å²) in [6.07, 6.45) is 0. The van der Waals surface area contributed by atoms with E-state index in [2.05, 4.69) is 10.2 Å². The molecule has 0 aliphatic carbocycles. The van der Waals surface area contributed by atoms with Crippen molar-refractivity contribution < 1.29 is 18.7 Å². The minimum atomic E-state index is -0.723. The largest absolute Gasteiger partial charge is 0.455 e. The van der Waals surface area contributed by atoms with Gasteiger partial charge in [0.05, 0.1) is 5.75 Å². The lowest BCUT2D eigenvalue weighted by molar-refractivity contribution is -0.145. The highest BCUT2D eigenvalue weighted by molar-refractivity contribution is 7.99. The summed E-state index contributed by atoms with van der Waals surface area (Å²) in [5, 5.41) is 8.78. The van der Waals surface area contributed by atoms with Crippen LogP contribution in [0.4, 0.5) is 4.39 Å². The van der Waals surface area contributed by atoms with Crippen molar-refractivity contribution in [1.29, 1.82) is 0 Å². The molecule has 2 N–H and O–H groups in total. The maximum Gasteiger partial charge on any atom is 0.316 e. The molecule has 0 aliphatic rings. The number of ether oxygens (including phenoxy) is 1. The molecule has 27 heavy (non-hydrogen) atoms. The first kappa shape index (κ1) is 18.6. The minimum Gasteiger partial charge on any atom is -0.455 e. The minimum absolute atomic E-state index is 0.0678. The van der Waals surface area contributed by atoms with Gasteiger partial charge in [0.25, 0.3) is 5.91 Å². The lowest BCUT2D eigenvalue weighted by Crippen LogP contribution is -2.21. The number of halogens is 1. The molecule has 3 aromatic rings. The number of hydrogen-bond donors (Lipinski definition) is 1. The van der Waals surface area contributed by atoms with Gasteiger partial charge in [-0.1, -0.05) is 30.0 Å². The Morgan fingerprint density at radius 1 is 1.07 bits per heavy atom. The number of benzene rings is 2. The number of esters is 1. The first-order valence-electron chi connectivity index (χ1n) is 7.88. The van der Waals surface area contributed by atoms with E-state index in [1.165, 1.54) is 12.1 Å². The Kier molecular flexibility index (Phi) is 5.82. The molecule has 138 valence electrons. The number of aromatic nitrogens is 3. The van der Waals surface area contributed by atoms with E-state index >= 15 is 0 Å². The molecule has 0 saturated heterocycles. The van der Waals surface area contributed by atoms with Crippen molar-refractivity contribution in [3.05, 3.63) is 60.4 Å². The van der Waals surface area contributed by atoms with Gasteiger partial charge in [-0.05, 0) is 36.4 Å². The molecule has 0 atom stereocenters. The van der Waals surface area contributed by atoms with Gasteiger partial charge in [-0.25, -0.2) is 4.39 Å². The fourth-order valence-electron chi connectivity index (χ4n) is 2.28. The first-order valence-corrected chi connectivity index (χ1v) is 8.86. The highest BCUT2D eigenvalue weighted by Crippen LogP contribution is 2.28. The molecule has 0 aliphatic heterocycles. The normalized spacial score (nSPS) is 10.6. The number of para-hydroxylation sites is 1. The van der Waals surface area contributed by atoms with Crippen molar-refractivity contribution in [2.45, 2.75) is 5.16 Å². The van der Waals surface area contributed by atoms with Crippen LogP contribution in [0.25, 0.3) is 17.1 Å². The molecule has 3 rings (SSSR count). The number of nitrogens with two attached hydrogens (primary N) is 1. The van der Waals surface area contributed by atoms with Crippen LogP contribution in [0.1, 0.15) is 0 Å². The summed E-state index contributed by atoms with van der Waals surface area (Å²) in [5.74, 6) is -1.23. The molecule has 0 spiro atoms. The summed E-state index contributed by atoms with van der Waals surface area (Å²) in [4.78, 5) is 22.4. The van der Waals surface area contributed by atoms with Gasteiger partial charge in [0.1, 0.15) is 5.82 Å². The van der Waals surface area contributed by atoms with Crippen molar-refractivity contribution in [1.82, 2.24) is 14.8 Å². The fourth-order valence-corrected chi connectivity index (χ4v) is 3.03. The van der Waals surface area contributed by atoms with E-state index < -0.39 is 18.5 Å². The topological polar surface area (TPSA) is 100 Å². The van der Waals surface area contributed by atoms with Crippen LogP contribution in [0.15, 0.2) is 59.8 Å². The Labute approximate surface area is 158 Å². The second-order valence-electron chi connectivity index (χ2n) is 5.40. The smallest absolute Gasteiger partial charge is 0.316 e. The Bertz CT molecular complexity index is 945. The molecule has 7 nitrogen and oxygen atoms in total. The van der Waals surface area contributed by atoms with Crippen molar-refractivity contribution in [3.63, 3.8) is 0 Å². The quantitative estimate of drug-likeness (QED) is 0.494. The Morgan fingerprint density at radius 3 is 2.44 bits per heavy atom. The molecule has 1 aromatic heterocycles. The number of primary amides is 1. The number of hydrogen-bond acceptors (Lipinski definition) is 6. The van der Waals surface area contributed by atoms with E-state index in [1.54, 1.807) is 16.7 Å². The molecule has 1 heterocycles. The van der Waals surface area contributed by atoms with Gasteiger partial charge in [-0.15, -0.1) is 10.2 Å². The summed E-state index contributed by atoms with van der Waals surface area (Å²) >= 11 is 1.11. The van der Waals surface area contributed by atoms with Gasteiger partial charge < -0.3 is 10.5 Å². The Morgan fingerprint density at radius 2 is 1.78 bits per heavy atom. The average molecular weight is 386 g/mol. The van der Waals surface area contributed by atoms with Crippen LogP contribution in [0.5, 0.6) is 0 Å². The van der Waals surface area contributed by atoms with E-state index in [0.717, 1.165) is 17.4 Å². The van der Waals surface area contributed by atoms with E-state index in [9.17, 15) is 14.0 Å².